The molecule has 2 unspecified atom stereocenters. The molecule has 3 nitrogen and oxygen atoms in total. The number of aliphatic hydroxyl groups excluding tert-OH is 1. The summed E-state index contributed by atoms with van der Waals surface area (Å²) in [5, 5.41) is 13.2. The third kappa shape index (κ3) is 6.13. The number of hydrogen-bond donors (Lipinski definition) is 2. The summed E-state index contributed by atoms with van der Waals surface area (Å²) in [6, 6.07) is 0.536. The lowest BCUT2D eigenvalue weighted by atomic mass is 10.0. The van der Waals surface area contributed by atoms with Crippen molar-refractivity contribution >= 4 is 0 Å². The molecule has 0 aromatic carbocycles. The molecule has 3 heteroatoms. The van der Waals surface area contributed by atoms with Crippen molar-refractivity contribution in [2.75, 3.05) is 19.8 Å². The summed E-state index contributed by atoms with van der Waals surface area (Å²) in [5.41, 5.74) is 0. The first kappa shape index (κ1) is 12.9. The van der Waals surface area contributed by atoms with Crippen molar-refractivity contribution in [3.8, 4) is 0 Å². The van der Waals surface area contributed by atoms with Crippen LogP contribution in [0.5, 0.6) is 0 Å². The van der Waals surface area contributed by atoms with Crippen LogP contribution in [0, 0.1) is 5.92 Å². The Morgan fingerprint density at radius 1 is 1.33 bits per heavy atom. The maximum atomic E-state index is 9.73. The molecule has 0 spiro atoms. The average Bonchev–Trinajstić information content (AvgIpc) is 2.41. The molecule has 1 fully saturated rings. The van der Waals surface area contributed by atoms with E-state index in [0.29, 0.717) is 12.0 Å². The van der Waals surface area contributed by atoms with E-state index in [1.807, 2.05) is 0 Å². The molecular weight excluding hydrogens is 190 g/mol. The molecule has 15 heavy (non-hydrogen) atoms. The van der Waals surface area contributed by atoms with E-state index in [2.05, 4.69) is 19.2 Å². The number of nitrogens with one attached hydrogen (secondary N) is 1. The zero-order valence-corrected chi connectivity index (χ0v) is 10.0. The van der Waals surface area contributed by atoms with Gasteiger partial charge in [0.15, 0.2) is 0 Å². The van der Waals surface area contributed by atoms with Gasteiger partial charge in [-0.2, -0.15) is 0 Å². The van der Waals surface area contributed by atoms with Gasteiger partial charge in [-0.25, -0.2) is 0 Å². The lowest BCUT2D eigenvalue weighted by molar-refractivity contribution is 0.133. The molecule has 1 saturated heterocycles. The Hall–Kier alpha value is -0.120. The molecule has 0 aromatic rings. The molecule has 0 amide bonds. The molecule has 1 aliphatic rings. The van der Waals surface area contributed by atoms with E-state index in [-0.39, 0.29) is 6.10 Å². The summed E-state index contributed by atoms with van der Waals surface area (Å²) < 4.78 is 5.39. The van der Waals surface area contributed by atoms with Crippen molar-refractivity contribution in [1.29, 1.82) is 0 Å². The van der Waals surface area contributed by atoms with Crippen LogP contribution >= 0.6 is 0 Å². The summed E-state index contributed by atoms with van der Waals surface area (Å²) in [5.74, 6) is 0.569. The summed E-state index contributed by atoms with van der Waals surface area (Å²) in [6.45, 7) is 6.76. The monoisotopic (exact) mass is 215 g/mol. The van der Waals surface area contributed by atoms with Crippen molar-refractivity contribution in [2.24, 2.45) is 5.92 Å². The Labute approximate surface area is 93.2 Å². The normalized spacial score (nSPS) is 25.2. The topological polar surface area (TPSA) is 41.5 Å². The summed E-state index contributed by atoms with van der Waals surface area (Å²) in [7, 11) is 0. The average molecular weight is 215 g/mol. The van der Waals surface area contributed by atoms with Crippen LogP contribution < -0.4 is 5.32 Å². The smallest absolute Gasteiger partial charge is 0.0667 e. The maximum absolute atomic E-state index is 9.73. The number of ether oxygens (including phenoxy) is 1. The van der Waals surface area contributed by atoms with Crippen LogP contribution in [-0.4, -0.2) is 37.0 Å². The van der Waals surface area contributed by atoms with Crippen molar-refractivity contribution in [2.45, 2.75) is 51.7 Å². The Morgan fingerprint density at radius 3 is 2.87 bits per heavy atom. The van der Waals surface area contributed by atoms with Gasteiger partial charge < -0.3 is 15.2 Å². The molecule has 2 N–H and O–H groups in total. The molecule has 1 rings (SSSR count). The molecule has 1 heterocycles. The van der Waals surface area contributed by atoms with Gasteiger partial charge in [0.05, 0.1) is 6.10 Å². The van der Waals surface area contributed by atoms with Crippen molar-refractivity contribution in [3.05, 3.63) is 0 Å². The molecule has 90 valence electrons. The van der Waals surface area contributed by atoms with E-state index < -0.39 is 0 Å². The zero-order valence-electron chi connectivity index (χ0n) is 10.0. The Balaban J connectivity index is 2.11. The molecule has 0 aliphatic carbocycles. The van der Waals surface area contributed by atoms with Crippen LogP contribution in [0.2, 0.25) is 0 Å². The van der Waals surface area contributed by atoms with E-state index in [9.17, 15) is 5.11 Å². The van der Waals surface area contributed by atoms with Crippen molar-refractivity contribution in [3.63, 3.8) is 0 Å². The van der Waals surface area contributed by atoms with Crippen LogP contribution in [-0.2, 0) is 4.74 Å². The number of aliphatic hydroxyl groups is 1. The first-order valence-electron chi connectivity index (χ1n) is 6.17. The number of hydrogen-bond acceptors (Lipinski definition) is 3. The highest BCUT2D eigenvalue weighted by Crippen LogP contribution is 2.09. The predicted molar refractivity (Wildman–Crippen MR) is 61.9 cm³/mol. The summed E-state index contributed by atoms with van der Waals surface area (Å²) >= 11 is 0. The second-order valence-corrected chi connectivity index (χ2v) is 4.93. The minimum Gasteiger partial charge on any atom is -0.392 e. The van der Waals surface area contributed by atoms with Gasteiger partial charge in [-0.05, 0) is 31.6 Å². The van der Waals surface area contributed by atoms with Crippen LogP contribution in [0.3, 0.4) is 0 Å². The van der Waals surface area contributed by atoms with E-state index in [1.54, 1.807) is 0 Å². The van der Waals surface area contributed by atoms with Gasteiger partial charge in [0.1, 0.15) is 0 Å². The second-order valence-electron chi connectivity index (χ2n) is 4.93. The third-order valence-corrected chi connectivity index (χ3v) is 2.84. The lowest BCUT2D eigenvalue weighted by Crippen LogP contribution is -2.36. The molecule has 0 radical (unpaired) electrons. The first-order chi connectivity index (χ1) is 7.18. The Kier molecular flexibility index (Phi) is 6.22. The Bertz CT molecular complexity index is 154. The minimum absolute atomic E-state index is 0.200. The van der Waals surface area contributed by atoms with E-state index >= 15 is 0 Å². The van der Waals surface area contributed by atoms with Gasteiger partial charge >= 0.3 is 0 Å². The van der Waals surface area contributed by atoms with Gasteiger partial charge in [0.25, 0.3) is 0 Å². The summed E-state index contributed by atoms with van der Waals surface area (Å²) in [6.07, 6.45) is 4.07. The van der Waals surface area contributed by atoms with Gasteiger partial charge in [-0.1, -0.05) is 13.8 Å². The number of rotatable bonds is 5. The lowest BCUT2D eigenvalue weighted by Gasteiger charge is -2.19. The first-order valence-corrected chi connectivity index (χ1v) is 6.17. The molecule has 2 atom stereocenters. The second kappa shape index (κ2) is 7.20. The van der Waals surface area contributed by atoms with Gasteiger partial charge in [0, 0.05) is 25.8 Å². The van der Waals surface area contributed by atoms with Gasteiger partial charge in [-0.3, -0.25) is 0 Å². The Morgan fingerprint density at radius 2 is 2.13 bits per heavy atom. The predicted octanol–water partition coefficient (Wildman–Crippen LogP) is 1.55. The quantitative estimate of drug-likeness (QED) is 0.731. The minimum atomic E-state index is -0.200. The van der Waals surface area contributed by atoms with Crippen LogP contribution in [0.4, 0.5) is 0 Å². The maximum Gasteiger partial charge on any atom is 0.0667 e. The van der Waals surface area contributed by atoms with E-state index in [4.69, 9.17) is 4.74 Å². The summed E-state index contributed by atoms with van der Waals surface area (Å²) in [4.78, 5) is 0. The highest BCUT2D eigenvalue weighted by molar-refractivity contribution is 4.72. The molecule has 0 aromatic heterocycles. The van der Waals surface area contributed by atoms with Gasteiger partial charge in [-0.15, -0.1) is 0 Å². The third-order valence-electron chi connectivity index (χ3n) is 2.84. The fraction of sp³-hybridized carbons (Fsp3) is 1.00. The standard InChI is InChI=1S/C12H25NO2/c1-10(2)8-12(14)9-13-11-4-3-6-15-7-5-11/h10-14H,3-9H2,1-2H3. The highest BCUT2D eigenvalue weighted by atomic mass is 16.5. The van der Waals surface area contributed by atoms with Gasteiger partial charge in [0.2, 0.25) is 0 Å². The van der Waals surface area contributed by atoms with Crippen LogP contribution in [0.1, 0.15) is 39.5 Å². The van der Waals surface area contributed by atoms with E-state index in [1.165, 1.54) is 6.42 Å². The molecular formula is C12H25NO2. The van der Waals surface area contributed by atoms with Crippen molar-refractivity contribution < 1.29 is 9.84 Å². The van der Waals surface area contributed by atoms with Crippen LogP contribution in [0.25, 0.3) is 0 Å². The zero-order chi connectivity index (χ0) is 11.1. The highest BCUT2D eigenvalue weighted by Gasteiger charge is 2.14. The SMILES string of the molecule is CC(C)CC(O)CNC1CCCOCC1. The van der Waals surface area contributed by atoms with Crippen molar-refractivity contribution in [1.82, 2.24) is 5.32 Å². The largest absolute Gasteiger partial charge is 0.392 e. The van der Waals surface area contributed by atoms with Crippen LogP contribution in [0.15, 0.2) is 0 Å². The fourth-order valence-electron chi connectivity index (χ4n) is 2.04. The molecule has 0 bridgehead atoms. The molecule has 0 saturated carbocycles. The fourth-order valence-corrected chi connectivity index (χ4v) is 2.04. The van der Waals surface area contributed by atoms with E-state index in [0.717, 1.165) is 39.0 Å². The molecule has 1 aliphatic heterocycles.